The number of rotatable bonds is 3. The van der Waals surface area contributed by atoms with Gasteiger partial charge in [0.1, 0.15) is 0 Å². The van der Waals surface area contributed by atoms with E-state index in [1.807, 2.05) is 7.05 Å². The van der Waals surface area contributed by atoms with Crippen molar-refractivity contribution in [3.05, 3.63) is 0 Å². The monoisotopic (exact) mass is 350 g/mol. The van der Waals surface area contributed by atoms with Gasteiger partial charge in [0.05, 0.1) is 6.10 Å². The molecule has 0 bridgehead atoms. The average molecular weight is 351 g/mol. The van der Waals surface area contributed by atoms with Crippen LogP contribution in [-0.4, -0.2) is 62.7 Å². The normalized spacial score (nSPS) is 32.6. The van der Waals surface area contributed by atoms with Crippen molar-refractivity contribution in [2.45, 2.75) is 58.1 Å². The lowest BCUT2D eigenvalue weighted by molar-refractivity contribution is -0.188. The van der Waals surface area contributed by atoms with Gasteiger partial charge < -0.3 is 20.3 Å². The maximum atomic E-state index is 11.6. The number of hydrogen-bond acceptors (Lipinski definition) is 3. The summed E-state index contributed by atoms with van der Waals surface area (Å²) in [5.41, 5.74) is 0.151. The Labute approximate surface area is 151 Å². The van der Waals surface area contributed by atoms with Crippen molar-refractivity contribution in [3.8, 4) is 0 Å². The molecule has 2 aliphatic heterocycles. The quantitative estimate of drug-likeness (QED) is 0.600. The number of carbonyl (C=O) groups is 1. The number of nitrogens with one attached hydrogen (secondary N) is 2. The number of fused-ring (bicyclic) bond motifs is 1. The van der Waals surface area contributed by atoms with Crippen molar-refractivity contribution in [1.82, 2.24) is 15.5 Å². The first kappa shape index (κ1) is 18.5. The Morgan fingerprint density at radius 2 is 2.00 bits per heavy atom. The molecule has 2 heterocycles. The standard InChI is InChI=1S/C19H34N4O2/c1-19(2)16(14-6-5-11-25-17(14)19)22-18(21-4)23-9-7-13(8-10-23)12-15(24)20-3/h13-14,16-17H,5-12H2,1-4H3,(H,20,24)(H,21,22). The Hall–Kier alpha value is -1.30. The lowest BCUT2D eigenvalue weighted by atomic mass is 9.55. The van der Waals surface area contributed by atoms with Crippen LogP contribution >= 0.6 is 0 Å². The number of ether oxygens (including phenoxy) is 1. The number of carbonyl (C=O) groups excluding carboxylic acids is 1. The summed E-state index contributed by atoms with van der Waals surface area (Å²) in [7, 11) is 3.59. The third kappa shape index (κ3) is 3.64. The highest BCUT2D eigenvalue weighted by molar-refractivity contribution is 5.80. The molecule has 3 unspecified atom stereocenters. The molecule has 3 atom stereocenters. The van der Waals surface area contributed by atoms with Crippen molar-refractivity contribution in [3.63, 3.8) is 0 Å². The second kappa shape index (κ2) is 7.52. The zero-order valence-electron chi connectivity index (χ0n) is 16.2. The van der Waals surface area contributed by atoms with Crippen LogP contribution in [0.15, 0.2) is 4.99 Å². The Balaban J connectivity index is 1.55. The van der Waals surface area contributed by atoms with Crippen molar-refractivity contribution in [1.29, 1.82) is 0 Å². The van der Waals surface area contributed by atoms with Gasteiger partial charge in [-0.15, -0.1) is 0 Å². The molecule has 3 rings (SSSR count). The molecule has 3 aliphatic rings. The first-order valence-electron chi connectivity index (χ1n) is 9.77. The van der Waals surface area contributed by atoms with Gasteiger partial charge in [-0.25, -0.2) is 0 Å². The smallest absolute Gasteiger partial charge is 0.220 e. The summed E-state index contributed by atoms with van der Waals surface area (Å²) in [4.78, 5) is 18.5. The second-order valence-electron chi connectivity index (χ2n) is 8.40. The van der Waals surface area contributed by atoms with Crippen LogP contribution in [0.2, 0.25) is 0 Å². The molecule has 0 radical (unpaired) electrons. The summed E-state index contributed by atoms with van der Waals surface area (Å²) >= 11 is 0. The molecule has 142 valence electrons. The van der Waals surface area contributed by atoms with E-state index in [0.29, 0.717) is 30.4 Å². The summed E-state index contributed by atoms with van der Waals surface area (Å²) in [6, 6.07) is 0.431. The van der Waals surface area contributed by atoms with E-state index in [1.54, 1.807) is 7.05 Å². The minimum Gasteiger partial charge on any atom is -0.377 e. The van der Waals surface area contributed by atoms with Crippen LogP contribution < -0.4 is 10.6 Å². The summed E-state index contributed by atoms with van der Waals surface area (Å²) in [5, 5.41) is 6.48. The van der Waals surface area contributed by atoms with Gasteiger partial charge >= 0.3 is 0 Å². The molecule has 0 aromatic rings. The van der Waals surface area contributed by atoms with Crippen LogP contribution in [0.25, 0.3) is 0 Å². The highest BCUT2D eigenvalue weighted by Crippen LogP contribution is 2.51. The maximum absolute atomic E-state index is 11.6. The van der Waals surface area contributed by atoms with Gasteiger partial charge in [0.15, 0.2) is 5.96 Å². The number of likely N-dealkylation sites (tertiary alicyclic amines) is 1. The van der Waals surface area contributed by atoms with E-state index < -0.39 is 0 Å². The van der Waals surface area contributed by atoms with Gasteiger partial charge in [-0.05, 0) is 31.6 Å². The number of amides is 1. The van der Waals surface area contributed by atoms with Crippen LogP contribution in [0, 0.1) is 17.3 Å². The van der Waals surface area contributed by atoms with E-state index in [1.165, 1.54) is 12.8 Å². The number of aliphatic imine (C=N–C) groups is 1. The molecule has 6 heteroatoms. The molecule has 2 N–H and O–H groups in total. The van der Waals surface area contributed by atoms with Crippen LogP contribution in [-0.2, 0) is 9.53 Å². The van der Waals surface area contributed by atoms with E-state index >= 15 is 0 Å². The van der Waals surface area contributed by atoms with E-state index in [9.17, 15) is 4.79 Å². The molecule has 6 nitrogen and oxygen atoms in total. The minimum atomic E-state index is 0.151. The fourth-order valence-electron chi connectivity index (χ4n) is 4.96. The number of guanidine groups is 1. The Bertz CT molecular complexity index is 512. The van der Waals surface area contributed by atoms with E-state index in [-0.39, 0.29) is 11.3 Å². The highest BCUT2D eigenvalue weighted by atomic mass is 16.5. The molecule has 0 aromatic heterocycles. The van der Waals surface area contributed by atoms with E-state index in [0.717, 1.165) is 38.5 Å². The summed E-state index contributed by atoms with van der Waals surface area (Å²) < 4.78 is 6.01. The van der Waals surface area contributed by atoms with Gasteiger partial charge in [0.2, 0.25) is 5.91 Å². The molecule has 1 amide bonds. The lowest BCUT2D eigenvalue weighted by Crippen LogP contribution is -2.71. The molecular weight excluding hydrogens is 316 g/mol. The molecule has 2 saturated heterocycles. The summed E-state index contributed by atoms with van der Waals surface area (Å²) in [5.74, 6) is 2.26. The predicted molar refractivity (Wildman–Crippen MR) is 99.5 cm³/mol. The third-order valence-electron chi connectivity index (χ3n) is 6.49. The highest BCUT2D eigenvalue weighted by Gasteiger charge is 2.58. The van der Waals surface area contributed by atoms with Gasteiger partial charge in [-0.3, -0.25) is 9.79 Å². The largest absolute Gasteiger partial charge is 0.377 e. The molecule has 25 heavy (non-hydrogen) atoms. The SMILES string of the molecule is CN=C(NC1C2CCCOC2C1(C)C)N1CCC(CC(=O)NC)CC1. The van der Waals surface area contributed by atoms with Gasteiger partial charge in [0, 0.05) is 57.6 Å². The second-order valence-corrected chi connectivity index (χ2v) is 8.40. The maximum Gasteiger partial charge on any atom is 0.220 e. The zero-order chi connectivity index (χ0) is 18.0. The molecule has 1 aliphatic carbocycles. The molecule has 3 fully saturated rings. The number of hydrogen-bond donors (Lipinski definition) is 2. The van der Waals surface area contributed by atoms with Crippen LogP contribution in [0.4, 0.5) is 0 Å². The lowest BCUT2D eigenvalue weighted by Gasteiger charge is -2.60. The number of nitrogens with zero attached hydrogens (tertiary/aromatic N) is 2. The Morgan fingerprint density at radius 1 is 1.28 bits per heavy atom. The van der Waals surface area contributed by atoms with Crippen molar-refractivity contribution >= 4 is 11.9 Å². The fourth-order valence-corrected chi connectivity index (χ4v) is 4.96. The minimum absolute atomic E-state index is 0.151. The van der Waals surface area contributed by atoms with Crippen molar-refractivity contribution in [2.24, 2.45) is 22.2 Å². The Kier molecular flexibility index (Phi) is 5.56. The van der Waals surface area contributed by atoms with Gasteiger partial charge in [0.25, 0.3) is 0 Å². The van der Waals surface area contributed by atoms with Crippen LogP contribution in [0.3, 0.4) is 0 Å². The van der Waals surface area contributed by atoms with Crippen LogP contribution in [0.5, 0.6) is 0 Å². The van der Waals surface area contributed by atoms with E-state index in [4.69, 9.17) is 4.74 Å². The first-order valence-corrected chi connectivity index (χ1v) is 9.77. The topological polar surface area (TPSA) is 66.0 Å². The van der Waals surface area contributed by atoms with Crippen molar-refractivity contribution in [2.75, 3.05) is 33.8 Å². The molecule has 0 aromatic carbocycles. The summed E-state index contributed by atoms with van der Waals surface area (Å²) in [6.45, 7) is 7.46. The first-order chi connectivity index (χ1) is 12.0. The zero-order valence-corrected chi connectivity index (χ0v) is 16.2. The summed E-state index contributed by atoms with van der Waals surface area (Å²) in [6.07, 6.45) is 5.55. The van der Waals surface area contributed by atoms with Crippen molar-refractivity contribution < 1.29 is 9.53 Å². The fraction of sp³-hybridized carbons (Fsp3) is 0.895. The Morgan fingerprint density at radius 3 is 2.64 bits per heavy atom. The van der Waals surface area contributed by atoms with E-state index in [2.05, 4.69) is 34.4 Å². The molecule has 1 saturated carbocycles. The number of piperidine rings is 1. The molecule has 0 spiro atoms. The van der Waals surface area contributed by atoms with Crippen LogP contribution in [0.1, 0.15) is 46.0 Å². The molecular formula is C19H34N4O2. The third-order valence-corrected chi connectivity index (χ3v) is 6.49. The van der Waals surface area contributed by atoms with Gasteiger partial charge in [-0.2, -0.15) is 0 Å². The predicted octanol–water partition coefficient (Wildman–Crippen LogP) is 1.61. The van der Waals surface area contributed by atoms with Gasteiger partial charge in [-0.1, -0.05) is 13.8 Å². The average Bonchev–Trinajstić information content (AvgIpc) is 2.63.